The zero-order valence-electron chi connectivity index (χ0n) is 12.4. The van der Waals surface area contributed by atoms with Crippen LogP contribution in [-0.2, 0) is 4.79 Å². The molecule has 2 amide bonds. The van der Waals surface area contributed by atoms with Gasteiger partial charge in [-0.15, -0.1) is 0 Å². The molecule has 2 aromatic rings. The van der Waals surface area contributed by atoms with Gasteiger partial charge in [-0.25, -0.2) is 0 Å². The molecule has 0 spiro atoms. The van der Waals surface area contributed by atoms with Crippen molar-refractivity contribution in [2.75, 3.05) is 0 Å². The first kappa shape index (κ1) is 17.9. The third kappa shape index (κ3) is 4.01. The maximum Gasteiger partial charge on any atom is 0.285 e. The summed E-state index contributed by atoms with van der Waals surface area (Å²) in [7, 11) is 0. The minimum atomic E-state index is -0.477. The number of amides is 2. The summed E-state index contributed by atoms with van der Waals surface area (Å²) in [4.78, 5) is 28.9. The molecule has 0 radical (unpaired) electrons. The van der Waals surface area contributed by atoms with Crippen molar-refractivity contribution in [2.24, 2.45) is 0 Å². The van der Waals surface area contributed by atoms with E-state index in [0.717, 1.165) is 16.8 Å². The highest BCUT2D eigenvalue weighted by atomic mass is 35.5. The van der Waals surface area contributed by atoms with Crippen LogP contribution >= 0.6 is 47.2 Å². The average molecular weight is 410 g/mol. The quantitative estimate of drug-likeness (QED) is 0.614. The van der Waals surface area contributed by atoms with Crippen LogP contribution in [0.2, 0.25) is 10.0 Å². The summed E-state index contributed by atoms with van der Waals surface area (Å²) in [6.07, 6.45) is 4.56. The van der Waals surface area contributed by atoms with E-state index in [1.54, 1.807) is 42.6 Å². The summed E-state index contributed by atoms with van der Waals surface area (Å²) in [5.41, 5.74) is 3.43. The number of pyridine rings is 1. The Labute approximate surface area is 163 Å². The van der Waals surface area contributed by atoms with Crippen molar-refractivity contribution in [1.82, 2.24) is 15.4 Å². The lowest BCUT2D eigenvalue weighted by Crippen LogP contribution is -2.44. The smallest absolute Gasteiger partial charge is 0.267 e. The van der Waals surface area contributed by atoms with E-state index in [-0.39, 0.29) is 4.32 Å². The molecular formula is C16H9Cl2N3O2S2. The molecule has 5 nitrogen and oxygen atoms in total. The largest absolute Gasteiger partial charge is 0.285 e. The van der Waals surface area contributed by atoms with Crippen molar-refractivity contribution in [3.63, 3.8) is 0 Å². The number of hydrazine groups is 1. The molecule has 1 saturated heterocycles. The standard InChI is InChI=1S/C16H9Cl2N3O2S2/c17-11-4-3-9(12(18)7-11)6-13-15(23)21(16(24)25-13)20-14(22)10-2-1-5-19-8-10/h1-8H,(H,20,22)/b13-6-. The topological polar surface area (TPSA) is 62.3 Å². The fraction of sp³-hybridized carbons (Fsp3) is 0. The van der Waals surface area contributed by atoms with E-state index < -0.39 is 11.8 Å². The number of nitrogens with one attached hydrogen (secondary N) is 1. The lowest BCUT2D eigenvalue weighted by atomic mass is 10.2. The molecule has 126 valence electrons. The lowest BCUT2D eigenvalue weighted by Gasteiger charge is -2.15. The van der Waals surface area contributed by atoms with Crippen molar-refractivity contribution in [1.29, 1.82) is 0 Å². The van der Waals surface area contributed by atoms with Crippen LogP contribution in [0.4, 0.5) is 0 Å². The molecule has 9 heteroatoms. The van der Waals surface area contributed by atoms with Crippen LogP contribution < -0.4 is 5.43 Å². The van der Waals surface area contributed by atoms with Crippen molar-refractivity contribution < 1.29 is 9.59 Å². The number of hydrogen-bond acceptors (Lipinski definition) is 5. The van der Waals surface area contributed by atoms with Gasteiger partial charge in [-0.1, -0.05) is 41.0 Å². The fourth-order valence-corrected chi connectivity index (χ4v) is 3.62. The summed E-state index contributed by atoms with van der Waals surface area (Å²) in [6, 6.07) is 8.17. The molecule has 0 aliphatic carbocycles. The van der Waals surface area contributed by atoms with Crippen molar-refractivity contribution >= 4 is 69.4 Å². The minimum absolute atomic E-state index is 0.221. The zero-order valence-corrected chi connectivity index (χ0v) is 15.5. The van der Waals surface area contributed by atoms with Crippen molar-refractivity contribution in [3.8, 4) is 0 Å². The summed E-state index contributed by atoms with van der Waals surface area (Å²) in [5, 5.41) is 1.95. The monoisotopic (exact) mass is 409 g/mol. The molecule has 3 rings (SSSR count). The Balaban J connectivity index is 1.80. The van der Waals surface area contributed by atoms with E-state index in [1.165, 1.54) is 6.20 Å². The van der Waals surface area contributed by atoms with Gasteiger partial charge >= 0.3 is 0 Å². The van der Waals surface area contributed by atoms with Gasteiger partial charge < -0.3 is 0 Å². The predicted octanol–water partition coefficient (Wildman–Crippen LogP) is 3.93. The maximum atomic E-state index is 12.5. The molecule has 0 atom stereocenters. The first-order valence-corrected chi connectivity index (χ1v) is 8.88. The number of rotatable bonds is 3. The van der Waals surface area contributed by atoms with Crippen LogP contribution in [0.1, 0.15) is 15.9 Å². The van der Waals surface area contributed by atoms with Gasteiger partial charge in [0.25, 0.3) is 11.8 Å². The molecule has 1 N–H and O–H groups in total. The molecule has 1 aromatic carbocycles. The number of hydrogen-bond donors (Lipinski definition) is 1. The van der Waals surface area contributed by atoms with Gasteiger partial charge in [0.2, 0.25) is 0 Å². The minimum Gasteiger partial charge on any atom is -0.267 e. The van der Waals surface area contributed by atoms with Crippen LogP contribution in [0.5, 0.6) is 0 Å². The molecule has 0 saturated carbocycles. The van der Waals surface area contributed by atoms with Gasteiger partial charge in [-0.05, 0) is 48.1 Å². The van der Waals surface area contributed by atoms with E-state index in [4.69, 9.17) is 35.4 Å². The van der Waals surface area contributed by atoms with Crippen molar-refractivity contribution in [3.05, 3.63) is 68.8 Å². The van der Waals surface area contributed by atoms with Gasteiger partial charge in [0, 0.05) is 22.4 Å². The number of nitrogens with zero attached hydrogens (tertiary/aromatic N) is 2. The first-order chi connectivity index (χ1) is 12.0. The molecule has 0 bridgehead atoms. The highest BCUT2D eigenvalue weighted by molar-refractivity contribution is 8.26. The summed E-state index contributed by atoms with van der Waals surface area (Å²) >= 11 is 18.2. The predicted molar refractivity (Wildman–Crippen MR) is 103 cm³/mol. The maximum absolute atomic E-state index is 12.5. The number of aromatic nitrogens is 1. The lowest BCUT2D eigenvalue weighted by molar-refractivity contribution is -0.123. The number of carbonyl (C=O) groups is 2. The zero-order chi connectivity index (χ0) is 18.0. The highest BCUT2D eigenvalue weighted by Gasteiger charge is 2.33. The van der Waals surface area contributed by atoms with Crippen LogP contribution in [-0.4, -0.2) is 26.1 Å². The van der Waals surface area contributed by atoms with Gasteiger partial charge in [-0.2, -0.15) is 5.01 Å². The van der Waals surface area contributed by atoms with Gasteiger partial charge in [-0.3, -0.25) is 20.0 Å². The summed E-state index contributed by atoms with van der Waals surface area (Å²) in [5.74, 6) is -0.909. The number of halogens is 2. The third-order valence-electron chi connectivity index (χ3n) is 3.18. The second-order valence-corrected chi connectivity index (χ2v) is 7.38. The first-order valence-electron chi connectivity index (χ1n) is 6.90. The van der Waals surface area contributed by atoms with Crippen LogP contribution in [0.25, 0.3) is 6.08 Å². The van der Waals surface area contributed by atoms with Gasteiger partial charge in [0.15, 0.2) is 4.32 Å². The SMILES string of the molecule is O=C(NN1C(=O)/C(=C/c2ccc(Cl)cc2Cl)SC1=S)c1cccnc1. The molecule has 2 heterocycles. The Morgan fingerprint density at radius 2 is 2.12 bits per heavy atom. The molecule has 1 fully saturated rings. The molecule has 0 unspecified atom stereocenters. The van der Waals surface area contributed by atoms with E-state index in [1.807, 2.05) is 0 Å². The number of benzene rings is 1. The van der Waals surface area contributed by atoms with Gasteiger partial charge in [0.1, 0.15) is 0 Å². The Morgan fingerprint density at radius 1 is 1.32 bits per heavy atom. The molecule has 25 heavy (non-hydrogen) atoms. The Kier molecular flexibility index (Phi) is 5.39. The average Bonchev–Trinajstić information content (AvgIpc) is 2.85. The summed E-state index contributed by atoms with van der Waals surface area (Å²) < 4.78 is 0.221. The van der Waals surface area contributed by atoms with E-state index in [2.05, 4.69) is 10.4 Å². The van der Waals surface area contributed by atoms with Crippen LogP contribution in [0.15, 0.2) is 47.6 Å². The Morgan fingerprint density at radius 3 is 2.80 bits per heavy atom. The highest BCUT2D eigenvalue weighted by Crippen LogP contribution is 2.33. The van der Waals surface area contributed by atoms with Gasteiger partial charge in [0.05, 0.1) is 10.5 Å². The number of thiocarbonyl (C=S) groups is 1. The van der Waals surface area contributed by atoms with Crippen LogP contribution in [0.3, 0.4) is 0 Å². The second kappa shape index (κ2) is 7.53. The fourth-order valence-electron chi connectivity index (χ4n) is 1.99. The molecular weight excluding hydrogens is 401 g/mol. The molecule has 1 aliphatic rings. The Hall–Kier alpha value is -1.93. The molecule has 1 aromatic heterocycles. The second-order valence-electron chi connectivity index (χ2n) is 4.87. The molecule has 1 aliphatic heterocycles. The van der Waals surface area contributed by atoms with E-state index in [0.29, 0.717) is 26.1 Å². The Bertz CT molecular complexity index is 904. The van der Waals surface area contributed by atoms with Crippen molar-refractivity contribution in [2.45, 2.75) is 0 Å². The van der Waals surface area contributed by atoms with E-state index in [9.17, 15) is 9.59 Å². The number of carbonyl (C=O) groups excluding carboxylic acids is 2. The summed E-state index contributed by atoms with van der Waals surface area (Å²) in [6.45, 7) is 0. The normalized spacial score (nSPS) is 15.8. The van der Waals surface area contributed by atoms with E-state index >= 15 is 0 Å². The number of thioether (sulfide) groups is 1. The third-order valence-corrected chi connectivity index (χ3v) is 5.04. The van der Waals surface area contributed by atoms with Crippen LogP contribution in [0, 0.1) is 0 Å².